The van der Waals surface area contributed by atoms with Crippen LogP contribution in [0, 0.1) is 5.82 Å². The molecule has 2 aromatic heterocycles. The number of amides is 1. The number of benzene rings is 1. The standard InChI is InChI=1S/C20H19FN2O2/c1-14(15-10-12-22-13-11-15)23-20(24)9-7-16-6-8-19(25-16)17-4-2-3-5-18(17)21/h2-6,8,10-14H,7,9H2,1H3,(H,23,24). The van der Waals surface area contributed by atoms with Crippen molar-refractivity contribution < 1.29 is 13.6 Å². The third-order valence-electron chi connectivity index (χ3n) is 3.98. The van der Waals surface area contributed by atoms with E-state index in [9.17, 15) is 9.18 Å². The van der Waals surface area contributed by atoms with Gasteiger partial charge < -0.3 is 9.73 Å². The zero-order chi connectivity index (χ0) is 17.6. The number of carbonyl (C=O) groups is 1. The van der Waals surface area contributed by atoms with Crippen LogP contribution in [0.4, 0.5) is 4.39 Å². The number of pyridine rings is 1. The molecule has 1 aromatic carbocycles. The molecule has 1 N–H and O–H groups in total. The Kier molecular flexibility index (Phi) is 5.23. The molecule has 1 amide bonds. The first-order valence-electron chi connectivity index (χ1n) is 8.16. The molecule has 0 aliphatic carbocycles. The Hall–Kier alpha value is -2.95. The van der Waals surface area contributed by atoms with Crippen molar-refractivity contribution >= 4 is 5.91 Å². The minimum Gasteiger partial charge on any atom is -0.461 e. The largest absolute Gasteiger partial charge is 0.461 e. The normalized spacial score (nSPS) is 11.9. The van der Waals surface area contributed by atoms with Gasteiger partial charge in [-0.05, 0) is 48.9 Å². The van der Waals surface area contributed by atoms with E-state index in [1.165, 1.54) is 6.07 Å². The van der Waals surface area contributed by atoms with Gasteiger partial charge in [0.1, 0.15) is 17.3 Å². The molecule has 0 saturated heterocycles. The summed E-state index contributed by atoms with van der Waals surface area (Å²) in [6.45, 7) is 1.93. The molecule has 1 atom stereocenters. The molecule has 4 nitrogen and oxygen atoms in total. The van der Waals surface area contributed by atoms with Crippen molar-refractivity contribution in [2.75, 3.05) is 0 Å². The summed E-state index contributed by atoms with van der Waals surface area (Å²) in [4.78, 5) is 16.1. The lowest BCUT2D eigenvalue weighted by Gasteiger charge is -2.13. The van der Waals surface area contributed by atoms with Gasteiger partial charge in [-0.2, -0.15) is 0 Å². The van der Waals surface area contributed by atoms with Gasteiger partial charge in [0.05, 0.1) is 11.6 Å². The molecule has 0 bridgehead atoms. The number of rotatable bonds is 6. The zero-order valence-electron chi connectivity index (χ0n) is 13.9. The van der Waals surface area contributed by atoms with Gasteiger partial charge >= 0.3 is 0 Å². The summed E-state index contributed by atoms with van der Waals surface area (Å²) in [5, 5.41) is 2.95. The highest BCUT2D eigenvalue weighted by Crippen LogP contribution is 2.25. The van der Waals surface area contributed by atoms with Gasteiger partial charge in [0.25, 0.3) is 0 Å². The van der Waals surface area contributed by atoms with Crippen LogP contribution in [0.2, 0.25) is 0 Å². The SMILES string of the molecule is CC(NC(=O)CCc1ccc(-c2ccccc2F)o1)c1ccncc1. The van der Waals surface area contributed by atoms with Crippen LogP contribution in [-0.2, 0) is 11.2 Å². The molecular formula is C20H19FN2O2. The van der Waals surface area contributed by atoms with Crippen molar-refractivity contribution in [3.8, 4) is 11.3 Å². The summed E-state index contributed by atoms with van der Waals surface area (Å²) in [5.74, 6) is 0.740. The minimum atomic E-state index is -0.327. The lowest BCUT2D eigenvalue weighted by Crippen LogP contribution is -2.26. The third kappa shape index (κ3) is 4.32. The van der Waals surface area contributed by atoms with Gasteiger partial charge in [-0.25, -0.2) is 4.39 Å². The predicted molar refractivity (Wildman–Crippen MR) is 93.2 cm³/mol. The van der Waals surface area contributed by atoms with Gasteiger partial charge in [-0.1, -0.05) is 12.1 Å². The summed E-state index contributed by atoms with van der Waals surface area (Å²) < 4.78 is 19.4. The molecule has 25 heavy (non-hydrogen) atoms. The third-order valence-corrected chi connectivity index (χ3v) is 3.98. The van der Waals surface area contributed by atoms with Crippen molar-refractivity contribution in [2.45, 2.75) is 25.8 Å². The monoisotopic (exact) mass is 338 g/mol. The second kappa shape index (κ2) is 7.75. The average molecular weight is 338 g/mol. The van der Waals surface area contributed by atoms with Crippen LogP contribution in [0.5, 0.6) is 0 Å². The van der Waals surface area contributed by atoms with Crippen molar-refractivity contribution in [2.24, 2.45) is 0 Å². The molecule has 128 valence electrons. The number of aryl methyl sites for hydroxylation is 1. The first-order chi connectivity index (χ1) is 12.1. The van der Waals surface area contributed by atoms with Crippen LogP contribution in [0.25, 0.3) is 11.3 Å². The van der Waals surface area contributed by atoms with Gasteiger partial charge in [-0.15, -0.1) is 0 Å². The molecule has 1 unspecified atom stereocenters. The smallest absolute Gasteiger partial charge is 0.220 e. The summed E-state index contributed by atoms with van der Waals surface area (Å²) in [6.07, 6.45) is 4.17. The highest BCUT2D eigenvalue weighted by Gasteiger charge is 2.12. The molecule has 0 aliphatic rings. The minimum absolute atomic E-state index is 0.0619. The number of nitrogens with zero attached hydrogens (tertiary/aromatic N) is 1. The molecule has 0 spiro atoms. The molecule has 0 saturated carbocycles. The van der Waals surface area contributed by atoms with Crippen molar-refractivity contribution in [1.82, 2.24) is 10.3 Å². The summed E-state index contributed by atoms with van der Waals surface area (Å²) in [7, 11) is 0. The number of aromatic nitrogens is 1. The van der Waals surface area contributed by atoms with Crippen LogP contribution < -0.4 is 5.32 Å². The molecule has 5 heteroatoms. The van der Waals surface area contributed by atoms with E-state index in [2.05, 4.69) is 10.3 Å². The summed E-state index contributed by atoms with van der Waals surface area (Å²) >= 11 is 0. The zero-order valence-corrected chi connectivity index (χ0v) is 13.9. The van der Waals surface area contributed by atoms with E-state index in [1.54, 1.807) is 42.7 Å². The van der Waals surface area contributed by atoms with Crippen LogP contribution in [0.15, 0.2) is 65.3 Å². The Bertz CT molecular complexity index is 846. The second-order valence-electron chi connectivity index (χ2n) is 5.82. The number of carbonyl (C=O) groups excluding carboxylic acids is 1. The summed E-state index contributed by atoms with van der Waals surface area (Å²) in [6, 6.07) is 13.6. The van der Waals surface area contributed by atoms with E-state index in [-0.39, 0.29) is 17.8 Å². The maximum atomic E-state index is 13.8. The van der Waals surface area contributed by atoms with Crippen molar-refractivity contribution in [3.63, 3.8) is 0 Å². The van der Waals surface area contributed by atoms with Gasteiger partial charge in [0.15, 0.2) is 0 Å². The highest BCUT2D eigenvalue weighted by molar-refractivity contribution is 5.76. The van der Waals surface area contributed by atoms with Crippen LogP contribution >= 0.6 is 0 Å². The fourth-order valence-corrected chi connectivity index (χ4v) is 2.60. The topological polar surface area (TPSA) is 55.1 Å². The van der Waals surface area contributed by atoms with Crippen LogP contribution in [0.3, 0.4) is 0 Å². The number of hydrogen-bond acceptors (Lipinski definition) is 3. The molecule has 0 radical (unpaired) electrons. The fraction of sp³-hybridized carbons (Fsp3) is 0.200. The van der Waals surface area contributed by atoms with Crippen LogP contribution in [0.1, 0.15) is 30.7 Å². The van der Waals surface area contributed by atoms with E-state index in [1.807, 2.05) is 19.1 Å². The molecule has 0 aliphatic heterocycles. The first kappa shape index (κ1) is 16.9. The Morgan fingerprint density at radius 3 is 2.68 bits per heavy atom. The first-order valence-corrected chi connectivity index (χ1v) is 8.16. The fourth-order valence-electron chi connectivity index (χ4n) is 2.60. The Balaban J connectivity index is 1.55. The lowest BCUT2D eigenvalue weighted by atomic mass is 10.1. The van der Waals surface area contributed by atoms with Crippen molar-refractivity contribution in [1.29, 1.82) is 0 Å². The van der Waals surface area contributed by atoms with Gasteiger partial charge in [0.2, 0.25) is 5.91 Å². The summed E-state index contributed by atoms with van der Waals surface area (Å²) in [5.41, 5.74) is 1.42. The van der Waals surface area contributed by atoms with E-state index < -0.39 is 0 Å². The molecule has 2 heterocycles. The Labute approximate surface area is 145 Å². The average Bonchev–Trinajstić information content (AvgIpc) is 3.10. The maximum Gasteiger partial charge on any atom is 0.220 e. The quantitative estimate of drug-likeness (QED) is 0.729. The predicted octanol–water partition coefficient (Wildman–Crippen LogP) is 4.29. The number of nitrogens with one attached hydrogen (secondary N) is 1. The van der Waals surface area contributed by atoms with Crippen LogP contribution in [-0.4, -0.2) is 10.9 Å². The van der Waals surface area contributed by atoms with Gasteiger partial charge in [-0.3, -0.25) is 9.78 Å². The number of halogens is 1. The number of hydrogen-bond donors (Lipinski definition) is 1. The van der Waals surface area contributed by atoms with Crippen molar-refractivity contribution in [3.05, 3.63) is 78.1 Å². The van der Waals surface area contributed by atoms with E-state index in [4.69, 9.17) is 4.42 Å². The maximum absolute atomic E-state index is 13.8. The Morgan fingerprint density at radius 2 is 1.92 bits per heavy atom. The lowest BCUT2D eigenvalue weighted by molar-refractivity contribution is -0.121. The second-order valence-corrected chi connectivity index (χ2v) is 5.82. The van der Waals surface area contributed by atoms with E-state index in [0.717, 1.165) is 5.56 Å². The molecule has 3 aromatic rings. The van der Waals surface area contributed by atoms with E-state index in [0.29, 0.717) is 29.9 Å². The molecule has 3 rings (SSSR count). The highest BCUT2D eigenvalue weighted by atomic mass is 19.1. The number of furan rings is 1. The Morgan fingerprint density at radius 1 is 1.16 bits per heavy atom. The molecule has 0 fully saturated rings. The van der Waals surface area contributed by atoms with E-state index >= 15 is 0 Å². The van der Waals surface area contributed by atoms with Gasteiger partial charge in [0, 0.05) is 25.2 Å². The molecular weight excluding hydrogens is 319 g/mol.